The zero-order valence-corrected chi connectivity index (χ0v) is 11.9. The fourth-order valence-electron chi connectivity index (χ4n) is 2.23. The highest BCUT2D eigenvalue weighted by atomic mass is 19.4. The summed E-state index contributed by atoms with van der Waals surface area (Å²) in [5.74, 6) is -1.26. The lowest BCUT2D eigenvalue weighted by atomic mass is 9.94. The summed E-state index contributed by atoms with van der Waals surface area (Å²) in [6.45, 7) is 0. The molecule has 0 spiro atoms. The summed E-state index contributed by atoms with van der Waals surface area (Å²) in [5.41, 5.74) is -2.94. The second kappa shape index (κ2) is 6.18. The average molecular weight is 348 g/mol. The molecule has 2 nitrogen and oxygen atoms in total. The molecule has 24 heavy (non-hydrogen) atoms. The Morgan fingerprint density at radius 3 is 2.12 bits per heavy atom. The minimum absolute atomic E-state index is 0.0583. The first-order valence-corrected chi connectivity index (χ1v) is 6.58. The second-order valence-electron chi connectivity index (χ2n) is 5.03. The summed E-state index contributed by atoms with van der Waals surface area (Å²) in [7, 11) is 0. The maximum atomic E-state index is 13.1. The van der Waals surface area contributed by atoms with E-state index in [2.05, 4.69) is 0 Å². The van der Waals surface area contributed by atoms with Crippen molar-refractivity contribution in [1.29, 1.82) is 0 Å². The molecule has 2 rings (SSSR count). The van der Waals surface area contributed by atoms with Crippen molar-refractivity contribution in [2.45, 2.75) is 18.8 Å². The lowest BCUT2D eigenvalue weighted by Gasteiger charge is -2.15. The molecule has 2 aromatic rings. The van der Waals surface area contributed by atoms with Crippen molar-refractivity contribution in [1.82, 2.24) is 0 Å². The molecule has 0 heterocycles. The van der Waals surface area contributed by atoms with E-state index in [0.717, 1.165) is 30.3 Å². The van der Waals surface area contributed by atoms with Crippen molar-refractivity contribution < 1.29 is 36.2 Å². The molecule has 0 amide bonds. The lowest BCUT2D eigenvalue weighted by Crippen LogP contribution is -2.09. The largest absolute Gasteiger partial charge is 0.481 e. The number of rotatable bonds is 3. The van der Waals surface area contributed by atoms with Crippen molar-refractivity contribution in [2.75, 3.05) is 0 Å². The minimum Gasteiger partial charge on any atom is -0.481 e. The molecule has 0 unspecified atom stereocenters. The maximum Gasteiger partial charge on any atom is 0.417 e. The van der Waals surface area contributed by atoms with Crippen LogP contribution in [0.25, 0.3) is 11.1 Å². The van der Waals surface area contributed by atoms with Crippen LogP contribution in [0.1, 0.15) is 16.7 Å². The third-order valence-electron chi connectivity index (χ3n) is 3.25. The molecule has 0 aliphatic rings. The van der Waals surface area contributed by atoms with Gasteiger partial charge in [-0.2, -0.15) is 26.3 Å². The van der Waals surface area contributed by atoms with Gasteiger partial charge in [0.2, 0.25) is 0 Å². The third kappa shape index (κ3) is 4.06. The Hall–Kier alpha value is -2.51. The molecule has 0 atom stereocenters. The van der Waals surface area contributed by atoms with Crippen LogP contribution in [0.3, 0.4) is 0 Å². The molecule has 128 valence electrons. The highest BCUT2D eigenvalue weighted by Gasteiger charge is 2.35. The second-order valence-corrected chi connectivity index (χ2v) is 5.03. The van der Waals surface area contributed by atoms with E-state index < -0.39 is 41.4 Å². The van der Waals surface area contributed by atoms with Crippen LogP contribution >= 0.6 is 0 Å². The van der Waals surface area contributed by atoms with Crippen LogP contribution < -0.4 is 0 Å². The van der Waals surface area contributed by atoms with Crippen LogP contribution in [0.2, 0.25) is 0 Å². The molecule has 0 saturated heterocycles. The number of hydrogen-bond acceptors (Lipinski definition) is 1. The van der Waals surface area contributed by atoms with Crippen LogP contribution in [0, 0.1) is 0 Å². The number of carbonyl (C=O) groups is 1. The minimum atomic E-state index is -4.79. The first-order valence-electron chi connectivity index (χ1n) is 6.58. The summed E-state index contributed by atoms with van der Waals surface area (Å²) >= 11 is 0. The number of carboxylic acids is 1. The molecule has 1 N–H and O–H groups in total. The van der Waals surface area contributed by atoms with Gasteiger partial charge in [0.1, 0.15) is 0 Å². The van der Waals surface area contributed by atoms with Crippen LogP contribution in [0.4, 0.5) is 26.3 Å². The van der Waals surface area contributed by atoms with E-state index in [0.29, 0.717) is 12.1 Å². The third-order valence-corrected chi connectivity index (χ3v) is 3.25. The van der Waals surface area contributed by atoms with Gasteiger partial charge in [0, 0.05) is 0 Å². The Bertz CT molecular complexity index is 762. The van der Waals surface area contributed by atoms with Crippen LogP contribution in [-0.2, 0) is 23.6 Å². The van der Waals surface area contributed by atoms with Gasteiger partial charge < -0.3 is 5.11 Å². The van der Waals surface area contributed by atoms with Crippen LogP contribution in [0.15, 0.2) is 42.5 Å². The van der Waals surface area contributed by atoms with Crippen molar-refractivity contribution in [2.24, 2.45) is 0 Å². The summed E-state index contributed by atoms with van der Waals surface area (Å²) in [5, 5.41) is 8.74. The molecule has 0 bridgehead atoms. The monoisotopic (exact) mass is 348 g/mol. The van der Waals surface area contributed by atoms with Gasteiger partial charge in [-0.1, -0.05) is 18.2 Å². The summed E-state index contributed by atoms with van der Waals surface area (Å²) in [6.07, 6.45) is -10.0. The van der Waals surface area contributed by atoms with Crippen molar-refractivity contribution >= 4 is 5.97 Å². The van der Waals surface area contributed by atoms with Gasteiger partial charge in [-0.15, -0.1) is 0 Å². The lowest BCUT2D eigenvalue weighted by molar-refractivity contribution is -0.138. The number of halogens is 6. The van der Waals surface area contributed by atoms with Gasteiger partial charge in [-0.3, -0.25) is 4.79 Å². The fourth-order valence-corrected chi connectivity index (χ4v) is 2.23. The normalized spacial score (nSPS) is 12.2. The van der Waals surface area contributed by atoms with Gasteiger partial charge in [0.05, 0.1) is 17.5 Å². The number of hydrogen-bond donors (Lipinski definition) is 1. The number of aliphatic carboxylic acids is 1. The van der Waals surface area contributed by atoms with Crippen molar-refractivity contribution in [3.63, 3.8) is 0 Å². The predicted molar refractivity (Wildman–Crippen MR) is 73.2 cm³/mol. The van der Waals surface area contributed by atoms with E-state index >= 15 is 0 Å². The molecule has 0 saturated carbocycles. The Balaban J connectivity index is 2.64. The standard InChI is InChI=1S/C16H10F6O2/c17-15(18,19)11-3-1-2-10(8-11)12-6-9(7-14(23)24)4-5-13(12)16(20,21)22/h1-6,8H,7H2,(H,23,24). The van der Waals surface area contributed by atoms with E-state index in [9.17, 15) is 31.1 Å². The van der Waals surface area contributed by atoms with E-state index in [1.165, 1.54) is 0 Å². The summed E-state index contributed by atoms with van der Waals surface area (Å²) < 4.78 is 77.7. The van der Waals surface area contributed by atoms with Crippen molar-refractivity contribution in [3.8, 4) is 11.1 Å². The molecule has 0 aromatic heterocycles. The summed E-state index contributed by atoms with van der Waals surface area (Å²) in [4.78, 5) is 10.7. The van der Waals surface area contributed by atoms with E-state index in [-0.39, 0.29) is 11.1 Å². The highest BCUT2D eigenvalue weighted by Crippen LogP contribution is 2.39. The van der Waals surface area contributed by atoms with Crippen LogP contribution in [0.5, 0.6) is 0 Å². The summed E-state index contributed by atoms with van der Waals surface area (Å²) in [6, 6.07) is 6.09. The SMILES string of the molecule is O=C(O)Cc1ccc(C(F)(F)F)c(-c2cccc(C(F)(F)F)c2)c1. The molecule has 0 aliphatic heterocycles. The zero-order chi connectivity index (χ0) is 18.1. The molecule has 2 aromatic carbocycles. The topological polar surface area (TPSA) is 37.3 Å². The number of carboxylic acid groups (broad SMARTS) is 1. The van der Waals surface area contributed by atoms with Crippen LogP contribution in [-0.4, -0.2) is 11.1 Å². The first kappa shape index (κ1) is 17.8. The number of benzene rings is 2. The van der Waals surface area contributed by atoms with Gasteiger partial charge in [0.25, 0.3) is 0 Å². The number of alkyl halides is 6. The fraction of sp³-hybridized carbons (Fsp3) is 0.188. The van der Waals surface area contributed by atoms with E-state index in [4.69, 9.17) is 5.11 Å². The molecular weight excluding hydrogens is 338 g/mol. The Kier molecular flexibility index (Phi) is 4.59. The molecular formula is C16H10F6O2. The van der Waals surface area contributed by atoms with Crippen molar-refractivity contribution in [3.05, 3.63) is 59.2 Å². The molecule has 0 aliphatic carbocycles. The van der Waals surface area contributed by atoms with Gasteiger partial charge in [0.15, 0.2) is 0 Å². The van der Waals surface area contributed by atoms with Gasteiger partial charge >= 0.3 is 18.3 Å². The molecule has 0 radical (unpaired) electrons. The quantitative estimate of drug-likeness (QED) is 0.791. The predicted octanol–water partition coefficient (Wildman–Crippen LogP) is 5.02. The smallest absolute Gasteiger partial charge is 0.417 e. The maximum absolute atomic E-state index is 13.1. The molecule has 0 fully saturated rings. The Morgan fingerprint density at radius 2 is 1.58 bits per heavy atom. The Morgan fingerprint density at radius 1 is 0.917 bits per heavy atom. The van der Waals surface area contributed by atoms with E-state index in [1.54, 1.807) is 0 Å². The van der Waals surface area contributed by atoms with Gasteiger partial charge in [-0.25, -0.2) is 0 Å². The van der Waals surface area contributed by atoms with Gasteiger partial charge in [-0.05, 0) is 41.0 Å². The first-order chi connectivity index (χ1) is 11.0. The zero-order valence-electron chi connectivity index (χ0n) is 11.9. The highest BCUT2D eigenvalue weighted by molar-refractivity contribution is 5.74. The van der Waals surface area contributed by atoms with E-state index in [1.807, 2.05) is 0 Å². The molecule has 8 heteroatoms. The average Bonchev–Trinajstić information content (AvgIpc) is 2.44. The Labute approximate surface area is 132 Å².